The first-order valence-electron chi connectivity index (χ1n) is 15.3. The van der Waals surface area contributed by atoms with Crippen LogP contribution in [0.4, 0.5) is 4.39 Å². The third kappa shape index (κ3) is 5.44. The first kappa shape index (κ1) is 27.8. The van der Waals surface area contributed by atoms with E-state index in [2.05, 4.69) is 10.1 Å². The molecule has 3 aliphatic heterocycles. The van der Waals surface area contributed by atoms with Crippen molar-refractivity contribution in [3.05, 3.63) is 87.0 Å². The Hall–Kier alpha value is -4.05. The van der Waals surface area contributed by atoms with E-state index in [-0.39, 0.29) is 17.3 Å². The Bertz CT molecular complexity index is 1720. The number of nitrogens with zero attached hydrogens (tertiary/aromatic N) is 4. The smallest absolute Gasteiger partial charge is 0.348 e. The predicted molar refractivity (Wildman–Crippen MR) is 157 cm³/mol. The van der Waals surface area contributed by atoms with Crippen LogP contribution in [0, 0.1) is 12.7 Å². The number of hydrogen-bond acceptors (Lipinski definition) is 8. The second kappa shape index (κ2) is 11.6. The van der Waals surface area contributed by atoms with E-state index in [1.54, 1.807) is 10.6 Å². The summed E-state index contributed by atoms with van der Waals surface area (Å²) in [5.41, 5.74) is 3.85. The molecule has 0 amide bonds. The Kier molecular flexibility index (Phi) is 7.46. The fraction of sp³-hybridized carbons (Fsp3) is 0.455. The Morgan fingerprint density at radius 1 is 1.09 bits per heavy atom. The predicted octanol–water partition coefficient (Wildman–Crippen LogP) is 5.03. The van der Waals surface area contributed by atoms with E-state index in [4.69, 9.17) is 19.0 Å². The summed E-state index contributed by atoms with van der Waals surface area (Å²) in [6.45, 7) is 4.96. The molecule has 0 radical (unpaired) electrons. The van der Waals surface area contributed by atoms with Crippen LogP contribution in [0.2, 0.25) is 0 Å². The molecule has 0 bridgehead atoms. The van der Waals surface area contributed by atoms with Crippen molar-refractivity contribution in [1.29, 1.82) is 0 Å². The van der Waals surface area contributed by atoms with Gasteiger partial charge in [0.1, 0.15) is 11.6 Å². The number of aryl methyl sites for hydroxylation is 2. The zero-order valence-corrected chi connectivity index (χ0v) is 24.3. The van der Waals surface area contributed by atoms with E-state index in [0.717, 1.165) is 73.3 Å². The van der Waals surface area contributed by atoms with E-state index in [9.17, 15) is 14.0 Å². The maximum absolute atomic E-state index is 13.6. The quantitative estimate of drug-likeness (QED) is 0.290. The lowest BCUT2D eigenvalue weighted by Gasteiger charge is -2.31. The number of carbonyl (C=O) groups excluding carboxylic acids is 1. The standard InChI is InChI=1S/C33H35FN4O5/c1-20-24(14-18-37-16-12-22(13-17-37)30-25-10-9-23(34)19-29(25)43-36-30)32(39)38-15-4-7-27(31(38)35-20)42-33(40)28-11-8-21-5-2-3-6-26(21)41-28/h2-3,5-6,9-10,19,22,27-28H,4,7-8,11-18H2,1H3/t27?,28-/m0/s1. The van der Waals surface area contributed by atoms with Gasteiger partial charge in [-0.25, -0.2) is 14.2 Å². The van der Waals surface area contributed by atoms with E-state index in [1.807, 2.05) is 31.2 Å². The molecule has 43 heavy (non-hydrogen) atoms. The second-order valence-corrected chi connectivity index (χ2v) is 11.9. The first-order chi connectivity index (χ1) is 20.9. The fourth-order valence-corrected chi connectivity index (χ4v) is 6.78. The van der Waals surface area contributed by atoms with E-state index >= 15 is 0 Å². The molecule has 1 unspecified atom stereocenters. The monoisotopic (exact) mass is 586 g/mol. The van der Waals surface area contributed by atoms with Crippen molar-refractivity contribution in [2.75, 3.05) is 19.6 Å². The number of piperidine rings is 1. The van der Waals surface area contributed by atoms with Crippen molar-refractivity contribution in [2.24, 2.45) is 0 Å². The SMILES string of the molecule is Cc1nc2n(c(=O)c1CCN1CCC(c3noc4cc(F)ccc34)CC1)CCCC2OC(=O)[C@@H]1CCc2ccccc2O1. The van der Waals surface area contributed by atoms with Crippen LogP contribution in [-0.4, -0.2) is 51.3 Å². The maximum atomic E-state index is 13.6. The third-order valence-corrected chi connectivity index (χ3v) is 9.19. The summed E-state index contributed by atoms with van der Waals surface area (Å²) >= 11 is 0. The van der Waals surface area contributed by atoms with Crippen LogP contribution in [0.5, 0.6) is 5.75 Å². The van der Waals surface area contributed by atoms with Crippen LogP contribution in [-0.2, 0) is 28.9 Å². The summed E-state index contributed by atoms with van der Waals surface area (Å²) in [7, 11) is 0. The summed E-state index contributed by atoms with van der Waals surface area (Å²) < 4.78 is 32.5. The highest BCUT2D eigenvalue weighted by atomic mass is 19.1. The number of likely N-dealkylation sites (tertiary alicyclic amines) is 1. The number of fused-ring (bicyclic) bond motifs is 3. The average Bonchev–Trinajstić information content (AvgIpc) is 3.44. The normalized spacial score (nSPS) is 20.8. The number of rotatable bonds is 6. The van der Waals surface area contributed by atoms with Crippen LogP contribution in [0.15, 0.2) is 51.8 Å². The molecular weight excluding hydrogens is 551 g/mol. The topological polar surface area (TPSA) is 99.7 Å². The zero-order valence-electron chi connectivity index (χ0n) is 24.3. The van der Waals surface area contributed by atoms with Gasteiger partial charge in [-0.15, -0.1) is 0 Å². The summed E-state index contributed by atoms with van der Waals surface area (Å²) in [6, 6.07) is 12.3. The molecule has 9 nitrogen and oxygen atoms in total. The van der Waals surface area contributed by atoms with Gasteiger partial charge in [0.05, 0.1) is 5.69 Å². The van der Waals surface area contributed by atoms with Crippen LogP contribution in [0.25, 0.3) is 11.0 Å². The molecule has 0 aliphatic carbocycles. The Balaban J connectivity index is 0.986. The van der Waals surface area contributed by atoms with Gasteiger partial charge in [0, 0.05) is 41.7 Å². The number of aromatic nitrogens is 3. The van der Waals surface area contributed by atoms with Crippen LogP contribution >= 0.6 is 0 Å². The lowest BCUT2D eigenvalue weighted by atomic mass is 9.91. The van der Waals surface area contributed by atoms with Gasteiger partial charge in [-0.3, -0.25) is 9.36 Å². The van der Waals surface area contributed by atoms with E-state index in [0.29, 0.717) is 42.9 Å². The molecule has 2 aromatic heterocycles. The van der Waals surface area contributed by atoms with Gasteiger partial charge < -0.3 is 18.9 Å². The summed E-state index contributed by atoms with van der Waals surface area (Å²) in [4.78, 5) is 33.9. The minimum atomic E-state index is -0.660. The molecule has 7 rings (SSSR count). The van der Waals surface area contributed by atoms with Gasteiger partial charge in [-0.1, -0.05) is 23.4 Å². The van der Waals surface area contributed by atoms with Gasteiger partial charge in [-0.05, 0) is 88.7 Å². The van der Waals surface area contributed by atoms with Crippen molar-refractivity contribution in [1.82, 2.24) is 19.6 Å². The van der Waals surface area contributed by atoms with Gasteiger partial charge in [0.2, 0.25) is 0 Å². The second-order valence-electron chi connectivity index (χ2n) is 11.9. The summed E-state index contributed by atoms with van der Waals surface area (Å²) in [5.74, 6) is 0.780. The Labute approximate surface area is 248 Å². The minimum absolute atomic E-state index is 0.0396. The Morgan fingerprint density at radius 3 is 2.79 bits per heavy atom. The van der Waals surface area contributed by atoms with Crippen molar-refractivity contribution in [3.63, 3.8) is 0 Å². The number of halogens is 1. The molecule has 1 saturated heterocycles. The van der Waals surface area contributed by atoms with Gasteiger partial charge in [0.15, 0.2) is 23.6 Å². The van der Waals surface area contributed by atoms with Crippen molar-refractivity contribution >= 4 is 16.9 Å². The number of esters is 1. The van der Waals surface area contributed by atoms with E-state index < -0.39 is 18.2 Å². The highest BCUT2D eigenvalue weighted by Crippen LogP contribution is 2.34. The molecule has 4 aromatic rings. The molecule has 0 N–H and O–H groups in total. The van der Waals surface area contributed by atoms with Crippen molar-refractivity contribution in [2.45, 2.75) is 76.5 Å². The van der Waals surface area contributed by atoms with Gasteiger partial charge in [-0.2, -0.15) is 0 Å². The van der Waals surface area contributed by atoms with Gasteiger partial charge in [0.25, 0.3) is 5.56 Å². The van der Waals surface area contributed by atoms with E-state index in [1.165, 1.54) is 12.1 Å². The van der Waals surface area contributed by atoms with Gasteiger partial charge >= 0.3 is 5.97 Å². The molecular formula is C33H35FN4O5. The molecule has 0 spiro atoms. The molecule has 0 saturated carbocycles. The number of para-hydroxylation sites is 1. The minimum Gasteiger partial charge on any atom is -0.478 e. The third-order valence-electron chi connectivity index (χ3n) is 9.19. The summed E-state index contributed by atoms with van der Waals surface area (Å²) in [6.07, 6.45) is 3.91. The van der Waals surface area contributed by atoms with Crippen molar-refractivity contribution < 1.29 is 23.2 Å². The number of benzene rings is 2. The molecule has 1 fully saturated rings. The van der Waals surface area contributed by atoms with Crippen LogP contribution in [0.1, 0.15) is 72.5 Å². The highest BCUT2D eigenvalue weighted by Gasteiger charge is 2.33. The molecule has 5 heterocycles. The Morgan fingerprint density at radius 2 is 1.93 bits per heavy atom. The number of ether oxygens (including phenoxy) is 2. The molecule has 224 valence electrons. The first-order valence-corrected chi connectivity index (χ1v) is 15.3. The van der Waals surface area contributed by atoms with Crippen LogP contribution in [0.3, 0.4) is 0 Å². The average molecular weight is 587 g/mol. The summed E-state index contributed by atoms with van der Waals surface area (Å²) in [5, 5.41) is 5.13. The molecule has 10 heteroatoms. The van der Waals surface area contributed by atoms with Crippen LogP contribution < -0.4 is 10.3 Å². The number of carbonyl (C=O) groups is 1. The zero-order chi connectivity index (χ0) is 29.5. The molecule has 3 aliphatic rings. The lowest BCUT2D eigenvalue weighted by Crippen LogP contribution is -2.39. The molecule has 2 aromatic carbocycles. The fourth-order valence-electron chi connectivity index (χ4n) is 6.78. The molecule has 2 atom stereocenters. The van der Waals surface area contributed by atoms with Crippen molar-refractivity contribution in [3.8, 4) is 5.75 Å². The lowest BCUT2D eigenvalue weighted by molar-refractivity contribution is -0.160. The highest BCUT2D eigenvalue weighted by molar-refractivity contribution is 5.80. The largest absolute Gasteiger partial charge is 0.478 e. The number of hydrogen-bond donors (Lipinski definition) is 0. The maximum Gasteiger partial charge on any atom is 0.348 e.